The van der Waals surface area contributed by atoms with Crippen LogP contribution in [-0.4, -0.2) is 72.3 Å². The molecule has 0 aliphatic carbocycles. The Labute approximate surface area is 194 Å². The summed E-state index contributed by atoms with van der Waals surface area (Å²) in [5.41, 5.74) is 2.42. The molecule has 0 N–H and O–H groups in total. The summed E-state index contributed by atoms with van der Waals surface area (Å²) in [6, 6.07) is 13.0. The number of methoxy groups -OCH3 is 1. The monoisotopic (exact) mass is 449 g/mol. The molecular weight excluding hydrogens is 418 g/mol. The van der Waals surface area contributed by atoms with E-state index in [-0.39, 0.29) is 17.7 Å². The van der Waals surface area contributed by atoms with Crippen LogP contribution in [0.5, 0.6) is 5.75 Å². The predicted octanol–water partition coefficient (Wildman–Crippen LogP) is 3.44. The fourth-order valence-corrected chi connectivity index (χ4v) is 4.45. The van der Waals surface area contributed by atoms with E-state index < -0.39 is 0 Å². The zero-order valence-corrected chi connectivity index (χ0v) is 19.4. The van der Waals surface area contributed by atoms with Crippen LogP contribution >= 0.6 is 0 Å². The van der Waals surface area contributed by atoms with Crippen LogP contribution in [0.1, 0.15) is 62.8 Å². The molecule has 33 heavy (non-hydrogen) atoms. The zero-order valence-electron chi connectivity index (χ0n) is 19.4. The van der Waals surface area contributed by atoms with Gasteiger partial charge in [-0.15, -0.1) is 0 Å². The summed E-state index contributed by atoms with van der Waals surface area (Å²) >= 11 is 0. The molecule has 2 heterocycles. The molecular formula is C26H31N3O4. The van der Waals surface area contributed by atoms with E-state index in [1.54, 1.807) is 25.3 Å². The number of benzene rings is 2. The second-order valence-electron chi connectivity index (χ2n) is 8.65. The fourth-order valence-electron chi connectivity index (χ4n) is 4.45. The van der Waals surface area contributed by atoms with E-state index in [1.165, 1.54) is 10.5 Å². The first-order chi connectivity index (χ1) is 16.0. The number of rotatable bonds is 7. The Kier molecular flexibility index (Phi) is 7.08. The third-order valence-electron chi connectivity index (χ3n) is 6.39. The number of hydrogen-bond acceptors (Lipinski definition) is 5. The number of carbonyl (C=O) groups excluding carboxylic acids is 3. The van der Waals surface area contributed by atoms with Crippen molar-refractivity contribution >= 4 is 17.7 Å². The average molecular weight is 450 g/mol. The molecule has 0 atom stereocenters. The first-order valence-electron chi connectivity index (χ1n) is 11.7. The third kappa shape index (κ3) is 4.93. The summed E-state index contributed by atoms with van der Waals surface area (Å²) in [6.07, 6.45) is 2.56. The summed E-state index contributed by atoms with van der Waals surface area (Å²) in [5, 5.41) is 0. The molecule has 7 heteroatoms. The van der Waals surface area contributed by atoms with Gasteiger partial charge in [0.2, 0.25) is 0 Å². The quantitative estimate of drug-likeness (QED) is 0.606. The molecule has 174 valence electrons. The van der Waals surface area contributed by atoms with Crippen LogP contribution in [0.2, 0.25) is 0 Å². The van der Waals surface area contributed by atoms with Crippen molar-refractivity contribution in [1.82, 2.24) is 14.7 Å². The predicted molar refractivity (Wildman–Crippen MR) is 126 cm³/mol. The highest BCUT2D eigenvalue weighted by atomic mass is 16.5. The van der Waals surface area contributed by atoms with Gasteiger partial charge >= 0.3 is 0 Å². The minimum Gasteiger partial charge on any atom is -0.497 e. The maximum absolute atomic E-state index is 13.2. The van der Waals surface area contributed by atoms with Crippen LogP contribution in [0.3, 0.4) is 0 Å². The molecule has 1 fully saturated rings. The van der Waals surface area contributed by atoms with E-state index in [4.69, 9.17) is 4.74 Å². The van der Waals surface area contributed by atoms with E-state index in [1.807, 2.05) is 24.0 Å². The molecule has 0 spiro atoms. The Hall–Kier alpha value is -3.19. The van der Waals surface area contributed by atoms with Gasteiger partial charge in [-0.1, -0.05) is 25.5 Å². The highest BCUT2D eigenvalue weighted by Gasteiger charge is 2.35. The van der Waals surface area contributed by atoms with Crippen LogP contribution < -0.4 is 4.74 Å². The smallest absolute Gasteiger partial charge is 0.261 e. The largest absolute Gasteiger partial charge is 0.497 e. The highest BCUT2D eigenvalue weighted by molar-refractivity contribution is 6.22. The van der Waals surface area contributed by atoms with Crippen LogP contribution in [0, 0.1) is 0 Å². The van der Waals surface area contributed by atoms with Gasteiger partial charge in [-0.2, -0.15) is 0 Å². The topological polar surface area (TPSA) is 70.2 Å². The molecule has 2 aliphatic heterocycles. The van der Waals surface area contributed by atoms with Gasteiger partial charge in [0, 0.05) is 44.8 Å². The van der Waals surface area contributed by atoms with Gasteiger partial charge in [-0.05, 0) is 48.7 Å². The van der Waals surface area contributed by atoms with Crippen molar-refractivity contribution in [3.63, 3.8) is 0 Å². The van der Waals surface area contributed by atoms with Gasteiger partial charge in [0.25, 0.3) is 17.7 Å². The molecule has 1 saturated heterocycles. The lowest BCUT2D eigenvalue weighted by molar-refractivity contribution is 0.0652. The number of carbonyl (C=O) groups is 3. The molecule has 2 aliphatic rings. The molecule has 4 rings (SSSR count). The lowest BCUT2D eigenvalue weighted by Crippen LogP contribution is -2.35. The number of fused-ring (bicyclic) bond motifs is 1. The maximum atomic E-state index is 13.2. The summed E-state index contributed by atoms with van der Waals surface area (Å²) in [5.74, 6) is 0.205. The van der Waals surface area contributed by atoms with Gasteiger partial charge in [-0.3, -0.25) is 24.2 Å². The Morgan fingerprint density at radius 2 is 1.70 bits per heavy atom. The Morgan fingerprint density at radius 3 is 2.42 bits per heavy atom. The lowest BCUT2D eigenvalue weighted by Gasteiger charge is -2.22. The number of unbranched alkanes of at least 4 members (excludes halogenated alkanes) is 1. The van der Waals surface area contributed by atoms with Gasteiger partial charge in [0.15, 0.2) is 0 Å². The normalized spacial score (nSPS) is 16.7. The second kappa shape index (κ2) is 10.2. The molecule has 0 radical (unpaired) electrons. The van der Waals surface area contributed by atoms with Crippen molar-refractivity contribution in [1.29, 1.82) is 0 Å². The van der Waals surface area contributed by atoms with Crippen molar-refractivity contribution in [2.45, 2.75) is 32.7 Å². The Balaban J connectivity index is 1.40. The number of amides is 3. The molecule has 3 amide bonds. The number of hydrogen-bond donors (Lipinski definition) is 0. The SMILES string of the molecule is CCCCN1C(=O)c2ccc(C(=O)N3CCCN(Cc4ccc(OC)cc4)CC3)cc2C1=O. The van der Waals surface area contributed by atoms with E-state index >= 15 is 0 Å². The molecule has 2 aromatic carbocycles. The number of nitrogens with zero attached hydrogens (tertiary/aromatic N) is 3. The van der Waals surface area contributed by atoms with Crippen molar-refractivity contribution in [2.75, 3.05) is 39.8 Å². The molecule has 0 bridgehead atoms. The van der Waals surface area contributed by atoms with Crippen LogP contribution in [0.25, 0.3) is 0 Å². The van der Waals surface area contributed by atoms with Crippen LogP contribution in [0.15, 0.2) is 42.5 Å². The maximum Gasteiger partial charge on any atom is 0.261 e. The van der Waals surface area contributed by atoms with Gasteiger partial charge in [0.05, 0.1) is 18.2 Å². The molecule has 0 aromatic heterocycles. The van der Waals surface area contributed by atoms with Gasteiger partial charge in [0.1, 0.15) is 5.75 Å². The molecule has 0 unspecified atom stereocenters. The van der Waals surface area contributed by atoms with E-state index in [2.05, 4.69) is 17.0 Å². The first kappa shape index (κ1) is 23.0. The van der Waals surface area contributed by atoms with E-state index in [0.717, 1.165) is 44.6 Å². The van der Waals surface area contributed by atoms with Crippen LogP contribution in [0.4, 0.5) is 0 Å². The third-order valence-corrected chi connectivity index (χ3v) is 6.39. The van der Waals surface area contributed by atoms with E-state index in [0.29, 0.717) is 36.3 Å². The second-order valence-corrected chi connectivity index (χ2v) is 8.65. The standard InChI is InChI=1S/C26H31N3O4/c1-3-4-14-29-25(31)22-11-8-20(17-23(22)26(29)32)24(30)28-13-5-12-27(15-16-28)18-19-6-9-21(33-2)10-7-19/h6-11,17H,3-5,12-16,18H2,1-2H3. The molecule has 2 aromatic rings. The Morgan fingerprint density at radius 1 is 0.939 bits per heavy atom. The summed E-state index contributed by atoms with van der Waals surface area (Å²) in [6.45, 7) is 6.27. The van der Waals surface area contributed by atoms with Crippen LogP contribution in [-0.2, 0) is 6.54 Å². The first-order valence-corrected chi connectivity index (χ1v) is 11.7. The average Bonchev–Trinajstić information content (AvgIpc) is 2.98. The lowest BCUT2D eigenvalue weighted by atomic mass is 10.0. The van der Waals surface area contributed by atoms with Gasteiger partial charge < -0.3 is 9.64 Å². The van der Waals surface area contributed by atoms with Crippen molar-refractivity contribution in [3.8, 4) is 5.75 Å². The van der Waals surface area contributed by atoms with Crippen molar-refractivity contribution < 1.29 is 19.1 Å². The summed E-state index contributed by atoms with van der Waals surface area (Å²) in [4.78, 5) is 44.0. The molecule has 7 nitrogen and oxygen atoms in total. The fraction of sp³-hybridized carbons (Fsp3) is 0.423. The highest BCUT2D eigenvalue weighted by Crippen LogP contribution is 2.25. The summed E-state index contributed by atoms with van der Waals surface area (Å²) < 4.78 is 5.22. The molecule has 0 saturated carbocycles. The zero-order chi connectivity index (χ0) is 23.4. The van der Waals surface area contributed by atoms with Gasteiger partial charge in [-0.25, -0.2) is 0 Å². The van der Waals surface area contributed by atoms with E-state index in [9.17, 15) is 14.4 Å². The minimum absolute atomic E-state index is 0.0867. The Bertz CT molecular complexity index is 1030. The number of ether oxygens (including phenoxy) is 1. The summed E-state index contributed by atoms with van der Waals surface area (Å²) in [7, 11) is 1.66. The van der Waals surface area contributed by atoms with Crippen molar-refractivity contribution in [2.24, 2.45) is 0 Å². The minimum atomic E-state index is -0.292. The van der Waals surface area contributed by atoms with Crippen molar-refractivity contribution in [3.05, 3.63) is 64.7 Å². The number of imide groups is 1.